The van der Waals surface area contributed by atoms with Crippen molar-refractivity contribution in [3.63, 3.8) is 0 Å². The van der Waals surface area contributed by atoms with Gasteiger partial charge >= 0.3 is 12.1 Å². The summed E-state index contributed by atoms with van der Waals surface area (Å²) < 4.78 is 44.1. The third kappa shape index (κ3) is 4.25. The summed E-state index contributed by atoms with van der Waals surface area (Å²) in [6.45, 7) is -0.242. The molecule has 5 nitrogen and oxygen atoms in total. The molecule has 0 heterocycles. The topological polar surface area (TPSA) is 66.8 Å². The van der Waals surface area contributed by atoms with Crippen LogP contribution in [0.3, 0.4) is 0 Å². The van der Waals surface area contributed by atoms with Crippen LogP contribution >= 0.6 is 0 Å². The number of rotatable bonds is 7. The molecule has 2 rings (SSSR count). The minimum atomic E-state index is -4.48. The van der Waals surface area contributed by atoms with Crippen LogP contribution in [0.15, 0.2) is 24.3 Å². The SMILES string of the molecule is COCCN(CC(=O)O)C(=O)C1CC1c1ccccc1C(F)(F)F. The van der Waals surface area contributed by atoms with Crippen LogP contribution in [0.2, 0.25) is 0 Å². The number of alkyl halides is 3. The lowest BCUT2D eigenvalue weighted by molar-refractivity contribution is -0.145. The summed E-state index contributed by atoms with van der Waals surface area (Å²) in [6, 6.07) is 5.18. The van der Waals surface area contributed by atoms with Gasteiger partial charge in [-0.3, -0.25) is 9.59 Å². The van der Waals surface area contributed by atoms with Gasteiger partial charge in [0.25, 0.3) is 0 Å². The molecule has 0 spiro atoms. The van der Waals surface area contributed by atoms with E-state index in [-0.39, 0.29) is 25.1 Å². The Hall–Kier alpha value is -2.09. The molecule has 1 saturated carbocycles. The Bertz CT molecular complexity index is 618. The molecule has 2 atom stereocenters. The van der Waals surface area contributed by atoms with Gasteiger partial charge in [-0.25, -0.2) is 0 Å². The first-order valence-corrected chi connectivity index (χ1v) is 7.41. The van der Waals surface area contributed by atoms with Gasteiger partial charge in [0.05, 0.1) is 12.2 Å². The Morgan fingerprint density at radius 3 is 2.58 bits per heavy atom. The van der Waals surface area contributed by atoms with Gasteiger partial charge in [-0.2, -0.15) is 13.2 Å². The van der Waals surface area contributed by atoms with Gasteiger partial charge in [-0.15, -0.1) is 0 Å². The van der Waals surface area contributed by atoms with E-state index in [1.807, 2.05) is 0 Å². The normalized spacial score (nSPS) is 19.8. The molecule has 1 aromatic rings. The molecule has 0 aromatic heterocycles. The van der Waals surface area contributed by atoms with Gasteiger partial charge in [0.1, 0.15) is 6.54 Å². The number of nitrogens with zero attached hydrogens (tertiary/aromatic N) is 1. The fourth-order valence-electron chi connectivity index (χ4n) is 2.76. The van der Waals surface area contributed by atoms with Gasteiger partial charge in [0, 0.05) is 19.6 Å². The van der Waals surface area contributed by atoms with E-state index in [0.717, 1.165) is 11.0 Å². The number of carbonyl (C=O) groups is 2. The number of methoxy groups -OCH3 is 1. The minimum absolute atomic E-state index is 0.0883. The number of hydrogen-bond acceptors (Lipinski definition) is 3. The lowest BCUT2D eigenvalue weighted by atomic mass is 10.0. The van der Waals surface area contributed by atoms with E-state index >= 15 is 0 Å². The molecule has 132 valence electrons. The van der Waals surface area contributed by atoms with Crippen molar-refractivity contribution in [1.29, 1.82) is 0 Å². The van der Waals surface area contributed by atoms with E-state index in [0.29, 0.717) is 0 Å². The first kappa shape index (κ1) is 18.3. The number of ether oxygens (including phenoxy) is 1. The monoisotopic (exact) mass is 345 g/mol. The predicted molar refractivity (Wildman–Crippen MR) is 78.4 cm³/mol. The third-order valence-corrected chi connectivity index (χ3v) is 3.98. The van der Waals surface area contributed by atoms with Crippen LogP contribution < -0.4 is 0 Å². The van der Waals surface area contributed by atoms with Gasteiger partial charge < -0.3 is 14.7 Å². The van der Waals surface area contributed by atoms with Crippen molar-refractivity contribution >= 4 is 11.9 Å². The number of hydrogen-bond donors (Lipinski definition) is 1. The number of carbonyl (C=O) groups excluding carboxylic acids is 1. The first-order chi connectivity index (χ1) is 11.3. The molecule has 0 aliphatic heterocycles. The molecular weight excluding hydrogens is 327 g/mol. The summed E-state index contributed by atoms with van der Waals surface area (Å²) in [6.07, 6.45) is -4.20. The van der Waals surface area contributed by atoms with E-state index in [1.165, 1.54) is 25.3 Å². The van der Waals surface area contributed by atoms with E-state index in [4.69, 9.17) is 9.84 Å². The van der Waals surface area contributed by atoms with Crippen molar-refractivity contribution < 1.29 is 32.6 Å². The van der Waals surface area contributed by atoms with Crippen molar-refractivity contribution in [3.8, 4) is 0 Å². The number of carboxylic acids is 1. The van der Waals surface area contributed by atoms with Crippen molar-refractivity contribution in [1.82, 2.24) is 4.90 Å². The van der Waals surface area contributed by atoms with Crippen LogP contribution in [0.25, 0.3) is 0 Å². The van der Waals surface area contributed by atoms with E-state index in [1.54, 1.807) is 0 Å². The fourth-order valence-corrected chi connectivity index (χ4v) is 2.76. The highest BCUT2D eigenvalue weighted by Gasteiger charge is 2.49. The molecule has 1 aliphatic rings. The fraction of sp³-hybridized carbons (Fsp3) is 0.500. The minimum Gasteiger partial charge on any atom is -0.480 e. The lowest BCUT2D eigenvalue weighted by Crippen LogP contribution is -2.39. The molecule has 24 heavy (non-hydrogen) atoms. The van der Waals surface area contributed by atoms with E-state index in [9.17, 15) is 22.8 Å². The molecule has 1 N–H and O–H groups in total. The molecule has 0 radical (unpaired) electrons. The summed E-state index contributed by atoms with van der Waals surface area (Å²) in [4.78, 5) is 24.4. The zero-order valence-corrected chi connectivity index (χ0v) is 13.0. The number of halogens is 3. The van der Waals surface area contributed by atoms with Crippen LogP contribution in [0.5, 0.6) is 0 Å². The molecular formula is C16H18F3NO4. The average Bonchev–Trinajstić information content (AvgIpc) is 3.30. The molecule has 0 saturated heterocycles. The molecule has 1 fully saturated rings. The van der Waals surface area contributed by atoms with Crippen LogP contribution in [0.1, 0.15) is 23.5 Å². The molecule has 2 unspecified atom stereocenters. The number of aliphatic carboxylic acids is 1. The second-order valence-corrected chi connectivity index (χ2v) is 5.68. The number of carboxylic acid groups (broad SMARTS) is 1. The molecule has 1 aromatic carbocycles. The quantitative estimate of drug-likeness (QED) is 0.824. The predicted octanol–water partition coefficient (Wildman–Crippen LogP) is 2.37. The van der Waals surface area contributed by atoms with Gasteiger partial charge in [-0.1, -0.05) is 18.2 Å². The van der Waals surface area contributed by atoms with Crippen LogP contribution in [0, 0.1) is 5.92 Å². The highest BCUT2D eigenvalue weighted by molar-refractivity contribution is 5.86. The molecule has 8 heteroatoms. The summed E-state index contributed by atoms with van der Waals surface area (Å²) >= 11 is 0. The van der Waals surface area contributed by atoms with Crippen molar-refractivity contribution in [3.05, 3.63) is 35.4 Å². The Kier molecular flexibility index (Phi) is 5.48. The summed E-state index contributed by atoms with van der Waals surface area (Å²) in [5.74, 6) is -2.78. The van der Waals surface area contributed by atoms with Crippen LogP contribution in [-0.4, -0.2) is 48.7 Å². The zero-order chi connectivity index (χ0) is 17.9. The molecule has 1 amide bonds. The van der Waals surface area contributed by atoms with Crippen molar-refractivity contribution in [2.75, 3.05) is 26.8 Å². The second-order valence-electron chi connectivity index (χ2n) is 5.68. The van der Waals surface area contributed by atoms with E-state index < -0.39 is 42.0 Å². The Morgan fingerprint density at radius 2 is 2.00 bits per heavy atom. The second kappa shape index (κ2) is 7.21. The summed E-state index contributed by atoms with van der Waals surface area (Å²) in [5.41, 5.74) is -0.655. The van der Waals surface area contributed by atoms with Crippen LogP contribution in [-0.2, 0) is 20.5 Å². The maximum atomic E-state index is 13.1. The summed E-state index contributed by atoms with van der Waals surface area (Å²) in [5, 5.41) is 8.88. The molecule has 1 aliphatic carbocycles. The first-order valence-electron chi connectivity index (χ1n) is 7.41. The number of amides is 1. The third-order valence-electron chi connectivity index (χ3n) is 3.98. The zero-order valence-electron chi connectivity index (χ0n) is 13.0. The summed E-state index contributed by atoms with van der Waals surface area (Å²) in [7, 11) is 1.42. The standard InChI is InChI=1S/C16H18F3NO4/c1-24-7-6-20(9-14(21)22)15(23)12-8-11(12)10-4-2-3-5-13(10)16(17,18)19/h2-5,11-12H,6-9H2,1H3,(H,21,22). The van der Waals surface area contributed by atoms with Gasteiger partial charge in [-0.05, 0) is 24.0 Å². The highest BCUT2D eigenvalue weighted by atomic mass is 19.4. The Morgan fingerprint density at radius 1 is 1.33 bits per heavy atom. The van der Waals surface area contributed by atoms with Gasteiger partial charge in [0.2, 0.25) is 5.91 Å². The van der Waals surface area contributed by atoms with E-state index in [2.05, 4.69) is 0 Å². The van der Waals surface area contributed by atoms with Gasteiger partial charge in [0.15, 0.2) is 0 Å². The van der Waals surface area contributed by atoms with Crippen LogP contribution in [0.4, 0.5) is 13.2 Å². The average molecular weight is 345 g/mol. The largest absolute Gasteiger partial charge is 0.480 e. The maximum absolute atomic E-state index is 13.1. The number of benzene rings is 1. The van der Waals surface area contributed by atoms with Crippen molar-refractivity contribution in [2.24, 2.45) is 5.92 Å². The molecule has 0 bridgehead atoms. The van der Waals surface area contributed by atoms with Crippen molar-refractivity contribution in [2.45, 2.75) is 18.5 Å². The maximum Gasteiger partial charge on any atom is 0.416 e. The Balaban J connectivity index is 2.13. The lowest BCUT2D eigenvalue weighted by Gasteiger charge is -2.20. The smallest absolute Gasteiger partial charge is 0.416 e. The Labute approximate surface area is 137 Å². The highest BCUT2D eigenvalue weighted by Crippen LogP contribution is 2.51.